The number of fused-ring (bicyclic) bond motifs is 4. The van der Waals surface area contributed by atoms with Gasteiger partial charge >= 0.3 is 0 Å². The zero-order chi connectivity index (χ0) is 11.2. The van der Waals surface area contributed by atoms with E-state index >= 15 is 0 Å². The third kappa shape index (κ3) is 1.70. The first-order valence-corrected chi connectivity index (χ1v) is 5.76. The first-order valence-electron chi connectivity index (χ1n) is 5.76. The van der Waals surface area contributed by atoms with Gasteiger partial charge in [0.25, 0.3) is 0 Å². The predicted octanol–water partition coefficient (Wildman–Crippen LogP) is 4.10. The van der Waals surface area contributed by atoms with E-state index in [2.05, 4.69) is 59.6 Å². The Bertz CT molecular complexity index is 839. The van der Waals surface area contributed by atoms with Crippen molar-refractivity contribution in [1.29, 1.82) is 0 Å². The zero-order valence-corrected chi connectivity index (χ0v) is 12.6. The molecule has 1 heterocycles. The Morgan fingerprint density at radius 2 is 1.28 bits per heavy atom. The second kappa shape index (κ2) is 4.49. The first-order chi connectivity index (χ1) is 8.42. The molecule has 4 aromatic rings. The van der Waals surface area contributed by atoms with E-state index in [0.717, 1.165) is 11.0 Å². The maximum Gasteiger partial charge on any atom is 0 e. The molecule has 18 heavy (non-hydrogen) atoms. The summed E-state index contributed by atoms with van der Waals surface area (Å²) in [5.74, 6) is 0. The number of aromatic nitrogens is 1. The molecule has 0 aliphatic heterocycles. The van der Waals surface area contributed by atoms with Crippen molar-refractivity contribution in [3.05, 3.63) is 60.7 Å². The summed E-state index contributed by atoms with van der Waals surface area (Å²) < 4.78 is 0. The van der Waals surface area contributed by atoms with Gasteiger partial charge in [-0.1, -0.05) is 54.6 Å². The van der Waals surface area contributed by atoms with E-state index in [9.17, 15) is 0 Å². The molecular weight excluding hydrogens is 295 g/mol. The van der Waals surface area contributed by atoms with Crippen LogP contribution in [0.2, 0.25) is 0 Å². The van der Waals surface area contributed by atoms with E-state index < -0.39 is 0 Å². The Morgan fingerprint density at radius 1 is 0.611 bits per heavy atom. The average molecular weight is 305 g/mol. The van der Waals surface area contributed by atoms with Gasteiger partial charge < -0.3 is 4.98 Å². The van der Waals surface area contributed by atoms with Crippen LogP contribution in [-0.2, 0) is 32.7 Å². The Balaban J connectivity index is 0.000001000. The van der Waals surface area contributed by atoms with E-state index in [1.54, 1.807) is 0 Å². The molecule has 0 aliphatic rings. The Labute approximate surface area is 130 Å². The van der Waals surface area contributed by atoms with Gasteiger partial charge in [-0.25, -0.2) is 0 Å². The van der Waals surface area contributed by atoms with Crippen LogP contribution in [0.25, 0.3) is 32.6 Å². The second-order valence-corrected chi connectivity index (χ2v) is 4.35. The molecule has 4 rings (SSSR count). The molecule has 1 aromatic heterocycles. The van der Waals surface area contributed by atoms with Crippen molar-refractivity contribution < 1.29 is 32.7 Å². The molecule has 83 valence electrons. The zero-order valence-electron chi connectivity index (χ0n) is 9.80. The Kier molecular flexibility index (Phi) is 2.97. The molecule has 1 nitrogen and oxygen atoms in total. The van der Waals surface area contributed by atoms with E-state index in [0.29, 0.717) is 0 Å². The second-order valence-electron chi connectivity index (χ2n) is 4.35. The van der Waals surface area contributed by atoms with Crippen molar-refractivity contribution in [2.24, 2.45) is 0 Å². The Hall–Kier alpha value is -1.18. The van der Waals surface area contributed by atoms with Crippen LogP contribution in [0.1, 0.15) is 0 Å². The molecule has 0 bridgehead atoms. The Morgan fingerprint density at radius 3 is 2.11 bits per heavy atom. The van der Waals surface area contributed by atoms with Crippen molar-refractivity contribution in [1.82, 2.24) is 4.98 Å². The van der Waals surface area contributed by atoms with Crippen LogP contribution in [-0.4, -0.2) is 0 Å². The average Bonchev–Trinajstić information content (AvgIpc) is 2.73. The van der Waals surface area contributed by atoms with Crippen molar-refractivity contribution in [3.63, 3.8) is 0 Å². The molecule has 1 radical (unpaired) electrons. The minimum Gasteiger partial charge on any atom is -0.657 e. The molecular formula is C16H10NY-. The number of rotatable bonds is 0. The molecule has 0 saturated heterocycles. The molecule has 0 spiro atoms. The molecule has 0 atom stereocenters. The van der Waals surface area contributed by atoms with E-state index in [1.807, 2.05) is 6.07 Å². The largest absolute Gasteiger partial charge is 0.657 e. The summed E-state index contributed by atoms with van der Waals surface area (Å²) in [4.78, 5) is 4.67. The van der Waals surface area contributed by atoms with Gasteiger partial charge in [0, 0.05) is 32.7 Å². The van der Waals surface area contributed by atoms with Crippen molar-refractivity contribution in [2.45, 2.75) is 0 Å². The quantitative estimate of drug-likeness (QED) is 0.477. The standard InChI is InChI=1S/C16H10N.Y/c1-2-6-12-10-16-14(9-11(12)5-1)13-7-3-4-8-15(13)17-16;/h1-10H;/q-1;. The van der Waals surface area contributed by atoms with E-state index in [1.165, 1.54) is 21.5 Å². The minimum absolute atomic E-state index is 0. The normalized spacial score (nSPS) is 10.9. The van der Waals surface area contributed by atoms with Crippen LogP contribution < -0.4 is 4.98 Å². The molecule has 3 aromatic carbocycles. The summed E-state index contributed by atoms with van der Waals surface area (Å²) in [5, 5.41) is 5.02. The van der Waals surface area contributed by atoms with Gasteiger partial charge in [-0.15, -0.1) is 11.0 Å². The molecule has 0 aliphatic carbocycles. The van der Waals surface area contributed by atoms with Gasteiger partial charge in [-0.05, 0) is 27.6 Å². The minimum atomic E-state index is 0. The third-order valence-electron chi connectivity index (χ3n) is 3.30. The summed E-state index contributed by atoms with van der Waals surface area (Å²) in [7, 11) is 0. The number of hydrogen-bond acceptors (Lipinski definition) is 0. The molecule has 0 fully saturated rings. The SMILES string of the molecule is [Y].c1ccc2cc3c(cc2c1)[n-]c1ccccc13. The van der Waals surface area contributed by atoms with Crippen molar-refractivity contribution in [3.8, 4) is 0 Å². The van der Waals surface area contributed by atoms with Gasteiger partial charge in [0.05, 0.1) is 0 Å². The number of nitrogens with zero attached hydrogens (tertiary/aromatic N) is 1. The van der Waals surface area contributed by atoms with Gasteiger partial charge in [-0.3, -0.25) is 0 Å². The molecule has 0 amide bonds. The van der Waals surface area contributed by atoms with Crippen LogP contribution in [0.5, 0.6) is 0 Å². The van der Waals surface area contributed by atoms with Crippen LogP contribution in [0.3, 0.4) is 0 Å². The molecule has 0 unspecified atom stereocenters. The first kappa shape index (κ1) is 11.9. The van der Waals surface area contributed by atoms with Gasteiger partial charge in [-0.2, -0.15) is 0 Å². The number of hydrogen-bond donors (Lipinski definition) is 0. The van der Waals surface area contributed by atoms with Crippen LogP contribution >= 0.6 is 0 Å². The maximum atomic E-state index is 4.67. The summed E-state index contributed by atoms with van der Waals surface area (Å²) in [6, 6.07) is 21.1. The van der Waals surface area contributed by atoms with Crippen molar-refractivity contribution in [2.75, 3.05) is 0 Å². The predicted molar refractivity (Wildman–Crippen MR) is 72.3 cm³/mol. The monoisotopic (exact) mass is 305 g/mol. The van der Waals surface area contributed by atoms with Crippen LogP contribution in [0, 0.1) is 0 Å². The fourth-order valence-corrected chi connectivity index (χ4v) is 2.47. The molecule has 0 N–H and O–H groups in total. The summed E-state index contributed by atoms with van der Waals surface area (Å²) in [6.07, 6.45) is 0. The third-order valence-corrected chi connectivity index (χ3v) is 3.30. The van der Waals surface area contributed by atoms with E-state index in [4.69, 9.17) is 0 Å². The van der Waals surface area contributed by atoms with Crippen LogP contribution in [0.4, 0.5) is 0 Å². The summed E-state index contributed by atoms with van der Waals surface area (Å²) in [6.45, 7) is 0. The maximum absolute atomic E-state index is 4.67. The smallest absolute Gasteiger partial charge is 0 e. The van der Waals surface area contributed by atoms with Gasteiger partial charge in [0.2, 0.25) is 0 Å². The molecule has 2 heteroatoms. The topological polar surface area (TPSA) is 14.1 Å². The number of para-hydroxylation sites is 1. The van der Waals surface area contributed by atoms with Crippen LogP contribution in [0.15, 0.2) is 60.7 Å². The number of benzene rings is 3. The van der Waals surface area contributed by atoms with E-state index in [-0.39, 0.29) is 32.7 Å². The van der Waals surface area contributed by atoms with Gasteiger partial charge in [0.15, 0.2) is 0 Å². The summed E-state index contributed by atoms with van der Waals surface area (Å²) >= 11 is 0. The molecule has 0 saturated carbocycles. The fraction of sp³-hybridized carbons (Fsp3) is 0. The fourth-order valence-electron chi connectivity index (χ4n) is 2.47. The van der Waals surface area contributed by atoms with Gasteiger partial charge in [0.1, 0.15) is 0 Å². The summed E-state index contributed by atoms with van der Waals surface area (Å²) in [5.41, 5.74) is 2.17. The van der Waals surface area contributed by atoms with Crippen molar-refractivity contribution >= 4 is 32.6 Å².